The van der Waals surface area contributed by atoms with Crippen molar-refractivity contribution in [2.24, 2.45) is 16.8 Å². The third-order valence-corrected chi connectivity index (χ3v) is 2.69. The number of hydrogen-bond acceptors (Lipinski definition) is 4. The molecule has 0 radical (unpaired) electrons. The molecule has 2 rings (SSSR count). The highest BCUT2D eigenvalue weighted by Crippen LogP contribution is 2.43. The fourth-order valence-electron chi connectivity index (χ4n) is 1.79. The molecule has 1 saturated carbocycles. The van der Waals surface area contributed by atoms with Gasteiger partial charge in [0.25, 0.3) is 0 Å². The van der Waals surface area contributed by atoms with E-state index in [-0.39, 0.29) is 23.4 Å². The molecule has 1 heterocycles. The summed E-state index contributed by atoms with van der Waals surface area (Å²) in [5, 5.41) is 0. The van der Waals surface area contributed by atoms with E-state index in [0.717, 1.165) is 12.3 Å². The number of esters is 1. The third kappa shape index (κ3) is 2.13. The van der Waals surface area contributed by atoms with Crippen LogP contribution in [0, 0.1) is 11.8 Å². The van der Waals surface area contributed by atoms with Crippen LogP contribution in [0.4, 0.5) is 0 Å². The van der Waals surface area contributed by atoms with Crippen LogP contribution in [0.3, 0.4) is 0 Å². The number of carbonyl (C=O) groups is 1. The largest absolute Gasteiger partial charge is 0.473 e. The maximum absolute atomic E-state index is 11.4. The topological polar surface area (TPSA) is 47.9 Å². The number of hydrogen-bond donors (Lipinski definition) is 0. The van der Waals surface area contributed by atoms with Gasteiger partial charge in [0.15, 0.2) is 5.90 Å². The number of nitrogens with zero attached hydrogens (tertiary/aromatic N) is 1. The summed E-state index contributed by atoms with van der Waals surface area (Å²) in [5.41, 5.74) is -0.197. The molecule has 0 spiro atoms. The van der Waals surface area contributed by atoms with E-state index in [4.69, 9.17) is 9.47 Å². The minimum Gasteiger partial charge on any atom is -0.473 e. The Morgan fingerprint density at radius 3 is 2.93 bits per heavy atom. The quantitative estimate of drug-likeness (QED) is 0.663. The van der Waals surface area contributed by atoms with E-state index in [1.807, 2.05) is 20.8 Å². The van der Waals surface area contributed by atoms with Crippen molar-refractivity contribution in [2.75, 3.05) is 13.2 Å². The van der Waals surface area contributed by atoms with Gasteiger partial charge in [-0.3, -0.25) is 9.79 Å². The zero-order chi connectivity index (χ0) is 11.1. The number of ether oxygens (including phenoxy) is 2. The highest BCUT2D eigenvalue weighted by atomic mass is 16.5. The number of carbonyl (C=O) groups excluding carboxylic acids is 1. The van der Waals surface area contributed by atoms with Crippen LogP contribution in [-0.2, 0) is 14.3 Å². The fraction of sp³-hybridized carbons (Fsp3) is 0.818. The first-order chi connectivity index (χ1) is 7.03. The van der Waals surface area contributed by atoms with Gasteiger partial charge in [-0.05, 0) is 27.2 Å². The van der Waals surface area contributed by atoms with Gasteiger partial charge in [0.2, 0.25) is 0 Å². The predicted molar refractivity (Wildman–Crippen MR) is 55.7 cm³/mol. The van der Waals surface area contributed by atoms with Gasteiger partial charge in [0, 0.05) is 5.92 Å². The van der Waals surface area contributed by atoms with Crippen molar-refractivity contribution < 1.29 is 14.3 Å². The van der Waals surface area contributed by atoms with Crippen LogP contribution in [0.2, 0.25) is 0 Å². The molecule has 1 aliphatic heterocycles. The summed E-state index contributed by atoms with van der Waals surface area (Å²) in [6.45, 7) is 6.97. The van der Waals surface area contributed by atoms with E-state index in [2.05, 4.69) is 4.99 Å². The standard InChI is InChI=1S/C11H17NO3/c1-4-14-10(13)8-5-7(8)9-12-6-11(2,3)15-9/h7-8H,4-6H2,1-3H3/t7-,8+/m0/s1. The van der Waals surface area contributed by atoms with Crippen LogP contribution in [0.5, 0.6) is 0 Å². The first kappa shape index (κ1) is 10.5. The molecule has 0 aromatic rings. The highest BCUT2D eigenvalue weighted by Gasteiger charge is 2.51. The van der Waals surface area contributed by atoms with Crippen molar-refractivity contribution >= 4 is 11.9 Å². The third-order valence-electron chi connectivity index (χ3n) is 2.69. The van der Waals surface area contributed by atoms with E-state index in [9.17, 15) is 4.79 Å². The number of rotatable bonds is 3. The molecule has 0 saturated heterocycles. The molecule has 0 bridgehead atoms. The Balaban J connectivity index is 1.87. The van der Waals surface area contributed by atoms with E-state index >= 15 is 0 Å². The first-order valence-corrected chi connectivity index (χ1v) is 5.43. The average molecular weight is 211 g/mol. The molecule has 2 aliphatic rings. The Hall–Kier alpha value is -1.06. The summed E-state index contributed by atoms with van der Waals surface area (Å²) in [4.78, 5) is 15.7. The first-order valence-electron chi connectivity index (χ1n) is 5.43. The molecule has 4 nitrogen and oxygen atoms in total. The van der Waals surface area contributed by atoms with Crippen molar-refractivity contribution in [3.05, 3.63) is 0 Å². The summed E-state index contributed by atoms with van der Waals surface area (Å²) < 4.78 is 10.6. The van der Waals surface area contributed by atoms with Gasteiger partial charge in [-0.2, -0.15) is 0 Å². The smallest absolute Gasteiger partial charge is 0.309 e. The summed E-state index contributed by atoms with van der Waals surface area (Å²) in [7, 11) is 0. The van der Waals surface area contributed by atoms with Gasteiger partial charge in [0.05, 0.1) is 19.1 Å². The Kier molecular flexibility index (Phi) is 2.44. The van der Waals surface area contributed by atoms with Gasteiger partial charge in [0.1, 0.15) is 5.60 Å². The Morgan fingerprint density at radius 1 is 1.67 bits per heavy atom. The summed E-state index contributed by atoms with van der Waals surface area (Å²) in [5.74, 6) is 0.792. The molecule has 0 N–H and O–H groups in total. The van der Waals surface area contributed by atoms with Crippen LogP contribution in [-0.4, -0.2) is 30.6 Å². The lowest BCUT2D eigenvalue weighted by molar-refractivity contribution is -0.144. The summed E-state index contributed by atoms with van der Waals surface area (Å²) >= 11 is 0. The molecule has 4 heteroatoms. The maximum atomic E-state index is 11.4. The van der Waals surface area contributed by atoms with E-state index in [1.54, 1.807) is 0 Å². The SMILES string of the molecule is CCOC(=O)[C@@H]1C[C@@H]1C1=NCC(C)(C)O1. The second-order valence-electron chi connectivity index (χ2n) is 4.72. The normalized spacial score (nSPS) is 31.8. The monoisotopic (exact) mass is 211 g/mol. The lowest BCUT2D eigenvalue weighted by atomic mass is 10.1. The molecule has 1 fully saturated rings. The second kappa shape index (κ2) is 3.51. The predicted octanol–water partition coefficient (Wildman–Crippen LogP) is 1.39. The van der Waals surface area contributed by atoms with Crippen molar-refractivity contribution in [2.45, 2.75) is 32.8 Å². The molecular weight excluding hydrogens is 194 g/mol. The van der Waals surface area contributed by atoms with Gasteiger partial charge >= 0.3 is 5.97 Å². The molecule has 84 valence electrons. The van der Waals surface area contributed by atoms with Crippen LogP contribution in [0.15, 0.2) is 4.99 Å². The molecular formula is C11H17NO3. The van der Waals surface area contributed by atoms with E-state index < -0.39 is 0 Å². The second-order valence-corrected chi connectivity index (χ2v) is 4.72. The Bertz CT molecular complexity index is 309. The molecule has 0 amide bonds. The molecule has 1 aliphatic carbocycles. The zero-order valence-electron chi connectivity index (χ0n) is 9.45. The van der Waals surface area contributed by atoms with Crippen LogP contribution in [0.25, 0.3) is 0 Å². The van der Waals surface area contributed by atoms with E-state index in [0.29, 0.717) is 13.2 Å². The lowest BCUT2D eigenvalue weighted by Gasteiger charge is -2.17. The van der Waals surface area contributed by atoms with Crippen molar-refractivity contribution in [3.8, 4) is 0 Å². The molecule has 0 aromatic carbocycles. The molecule has 15 heavy (non-hydrogen) atoms. The van der Waals surface area contributed by atoms with Gasteiger partial charge in [-0.1, -0.05) is 0 Å². The lowest BCUT2D eigenvalue weighted by Crippen LogP contribution is -2.25. The van der Waals surface area contributed by atoms with Gasteiger partial charge in [-0.25, -0.2) is 0 Å². The minimum atomic E-state index is -0.197. The summed E-state index contributed by atoms with van der Waals surface area (Å²) in [6.07, 6.45) is 0.827. The maximum Gasteiger partial charge on any atom is 0.309 e. The van der Waals surface area contributed by atoms with Crippen LogP contribution in [0.1, 0.15) is 27.2 Å². The van der Waals surface area contributed by atoms with Crippen molar-refractivity contribution in [1.82, 2.24) is 0 Å². The average Bonchev–Trinajstić information content (AvgIpc) is 2.86. The number of aliphatic imine (C=N–C) groups is 1. The molecule has 0 aromatic heterocycles. The minimum absolute atomic E-state index is 0.0161. The Morgan fingerprint density at radius 2 is 2.40 bits per heavy atom. The van der Waals surface area contributed by atoms with Crippen molar-refractivity contribution in [3.63, 3.8) is 0 Å². The van der Waals surface area contributed by atoms with Crippen molar-refractivity contribution in [1.29, 1.82) is 0 Å². The highest BCUT2D eigenvalue weighted by molar-refractivity contribution is 5.91. The van der Waals surface area contributed by atoms with Gasteiger partial charge < -0.3 is 9.47 Å². The van der Waals surface area contributed by atoms with Crippen LogP contribution >= 0.6 is 0 Å². The van der Waals surface area contributed by atoms with Gasteiger partial charge in [-0.15, -0.1) is 0 Å². The zero-order valence-corrected chi connectivity index (χ0v) is 9.45. The molecule has 2 atom stereocenters. The van der Waals surface area contributed by atoms with Crippen LogP contribution < -0.4 is 0 Å². The Labute approximate surface area is 89.7 Å². The summed E-state index contributed by atoms with van der Waals surface area (Å²) in [6, 6.07) is 0. The fourth-order valence-corrected chi connectivity index (χ4v) is 1.79. The van der Waals surface area contributed by atoms with E-state index in [1.165, 1.54) is 0 Å². The molecule has 0 unspecified atom stereocenters.